The van der Waals surface area contributed by atoms with Crippen molar-refractivity contribution in [2.45, 2.75) is 13.1 Å². The molecule has 0 fully saturated rings. The van der Waals surface area contributed by atoms with E-state index >= 15 is 0 Å². The first kappa shape index (κ1) is 8.97. The van der Waals surface area contributed by atoms with Crippen molar-refractivity contribution >= 4 is 12.6 Å². The van der Waals surface area contributed by atoms with Crippen LogP contribution in [0, 0.1) is 0 Å². The molecule has 1 aromatic rings. The Hall–Kier alpha value is -0.600. The summed E-state index contributed by atoms with van der Waals surface area (Å²) in [7, 11) is -2.18. The molecule has 13 heavy (non-hydrogen) atoms. The third-order valence-electron chi connectivity index (χ3n) is 2.21. The molecule has 1 aromatic heterocycles. The smallest absolute Gasteiger partial charge is 0.129 e. The van der Waals surface area contributed by atoms with E-state index in [-0.39, 0.29) is 0 Å². The highest BCUT2D eigenvalue weighted by molar-refractivity contribution is 7.69. The van der Waals surface area contributed by atoms with Gasteiger partial charge in [-0.25, -0.2) is 0 Å². The molecule has 72 valence electrons. The van der Waals surface area contributed by atoms with E-state index in [0.717, 1.165) is 30.8 Å². The lowest BCUT2D eigenvalue weighted by Gasteiger charge is -2.13. The highest BCUT2D eigenvalue weighted by Gasteiger charge is 2.19. The van der Waals surface area contributed by atoms with E-state index in [2.05, 4.69) is 10.4 Å². The van der Waals surface area contributed by atoms with Crippen LogP contribution in [0.5, 0.6) is 0 Å². The monoisotopic (exact) mass is 199 g/mol. The van der Waals surface area contributed by atoms with Gasteiger partial charge in [0.25, 0.3) is 0 Å². The summed E-state index contributed by atoms with van der Waals surface area (Å²) in [5.74, 6) is 0. The fraction of sp³-hybridized carbons (Fsp3) is 0.625. The number of hydrogen-bond acceptors (Lipinski definition) is 3. The molecule has 0 saturated carbocycles. The Kier molecular flexibility index (Phi) is 2.05. The highest BCUT2D eigenvalue weighted by atomic mass is 31.2. The average molecular weight is 199 g/mol. The minimum Gasteiger partial charge on any atom is -0.318 e. The Morgan fingerprint density at radius 1 is 1.62 bits per heavy atom. The summed E-state index contributed by atoms with van der Waals surface area (Å²) >= 11 is 0. The normalized spacial score (nSPS) is 17.1. The van der Waals surface area contributed by atoms with Crippen LogP contribution in [0.1, 0.15) is 5.69 Å². The lowest BCUT2D eigenvalue weighted by atomic mass is 10.3. The van der Waals surface area contributed by atoms with E-state index < -0.39 is 7.14 Å². The maximum atomic E-state index is 11.7. The molecule has 0 unspecified atom stereocenters. The number of fused-ring (bicyclic) bond motifs is 1. The van der Waals surface area contributed by atoms with Crippen LogP contribution in [0.3, 0.4) is 0 Å². The molecule has 0 bridgehead atoms. The molecule has 0 aromatic carbocycles. The quantitative estimate of drug-likeness (QED) is 0.659. The highest BCUT2D eigenvalue weighted by Crippen LogP contribution is 2.33. The van der Waals surface area contributed by atoms with Crippen molar-refractivity contribution in [3.05, 3.63) is 11.8 Å². The fourth-order valence-electron chi connectivity index (χ4n) is 1.44. The Balaban J connectivity index is 2.41. The number of nitrogens with zero attached hydrogens (tertiary/aromatic N) is 2. The van der Waals surface area contributed by atoms with Gasteiger partial charge < -0.3 is 9.88 Å². The van der Waals surface area contributed by atoms with E-state index in [9.17, 15) is 4.57 Å². The summed E-state index contributed by atoms with van der Waals surface area (Å²) in [4.78, 5) is 0. The van der Waals surface area contributed by atoms with Gasteiger partial charge >= 0.3 is 0 Å². The Labute approximate surface area is 77.7 Å². The van der Waals surface area contributed by atoms with Crippen LogP contribution in [0.4, 0.5) is 0 Å². The summed E-state index contributed by atoms with van der Waals surface area (Å²) in [5.41, 5.74) is 1.90. The van der Waals surface area contributed by atoms with Crippen molar-refractivity contribution in [2.24, 2.45) is 0 Å². The second-order valence-corrected chi connectivity index (χ2v) is 6.90. The molecule has 0 amide bonds. The molecule has 2 heterocycles. The Bertz CT molecular complexity index is 342. The van der Waals surface area contributed by atoms with Crippen LogP contribution < -0.4 is 10.8 Å². The SMILES string of the molecule is CP(C)(=O)c1cc2n(n1)CCNC2. The van der Waals surface area contributed by atoms with Crippen molar-refractivity contribution in [1.82, 2.24) is 15.1 Å². The zero-order valence-corrected chi connectivity index (χ0v) is 8.84. The van der Waals surface area contributed by atoms with Crippen LogP contribution in [-0.4, -0.2) is 29.7 Å². The summed E-state index contributed by atoms with van der Waals surface area (Å²) in [6, 6.07) is 1.95. The molecule has 2 rings (SSSR count). The third-order valence-corrected chi connectivity index (χ3v) is 3.53. The van der Waals surface area contributed by atoms with E-state index in [1.165, 1.54) is 0 Å². The standard InChI is InChI=1S/C8H14N3OP/c1-13(2,12)8-5-7-6-9-3-4-11(7)10-8/h5,9H,3-4,6H2,1-2H3. The Morgan fingerprint density at radius 3 is 3.00 bits per heavy atom. The molecule has 0 radical (unpaired) electrons. The van der Waals surface area contributed by atoms with Crippen molar-refractivity contribution in [3.8, 4) is 0 Å². The van der Waals surface area contributed by atoms with Gasteiger partial charge in [0.05, 0.1) is 12.2 Å². The van der Waals surface area contributed by atoms with Crippen LogP contribution in [-0.2, 0) is 17.7 Å². The number of nitrogens with one attached hydrogen (secondary N) is 1. The zero-order chi connectivity index (χ0) is 9.47. The molecule has 4 nitrogen and oxygen atoms in total. The van der Waals surface area contributed by atoms with Gasteiger partial charge in [0.2, 0.25) is 0 Å². The number of hydrogen-bond donors (Lipinski definition) is 1. The second-order valence-electron chi connectivity index (χ2n) is 3.74. The van der Waals surface area contributed by atoms with Gasteiger partial charge in [-0.15, -0.1) is 0 Å². The Morgan fingerprint density at radius 2 is 2.38 bits per heavy atom. The van der Waals surface area contributed by atoms with Crippen LogP contribution >= 0.6 is 7.14 Å². The van der Waals surface area contributed by atoms with Gasteiger partial charge in [0.15, 0.2) is 0 Å². The molecule has 1 N–H and O–H groups in total. The molecular formula is C8H14N3OP. The fourth-order valence-corrected chi connectivity index (χ4v) is 2.22. The lowest BCUT2D eigenvalue weighted by Crippen LogP contribution is -2.28. The minimum atomic E-state index is -2.18. The molecule has 0 spiro atoms. The summed E-state index contributed by atoms with van der Waals surface area (Å²) in [5, 5.41) is 7.59. The van der Waals surface area contributed by atoms with E-state index in [1.54, 1.807) is 13.3 Å². The minimum absolute atomic E-state index is 0.756. The number of aromatic nitrogens is 2. The predicted molar refractivity (Wildman–Crippen MR) is 53.0 cm³/mol. The van der Waals surface area contributed by atoms with Crippen LogP contribution in [0.15, 0.2) is 6.07 Å². The first-order chi connectivity index (χ1) is 6.07. The predicted octanol–water partition coefficient (Wildman–Crippen LogP) is 0.234. The van der Waals surface area contributed by atoms with Gasteiger partial charge in [0.1, 0.15) is 12.6 Å². The first-order valence-electron chi connectivity index (χ1n) is 4.40. The molecule has 0 saturated heterocycles. The lowest BCUT2D eigenvalue weighted by molar-refractivity contribution is 0.477. The van der Waals surface area contributed by atoms with Crippen molar-refractivity contribution in [3.63, 3.8) is 0 Å². The topological polar surface area (TPSA) is 46.9 Å². The van der Waals surface area contributed by atoms with E-state index in [4.69, 9.17) is 0 Å². The molecule has 0 aliphatic carbocycles. The van der Waals surface area contributed by atoms with E-state index in [1.807, 2.05) is 10.7 Å². The largest absolute Gasteiger partial charge is 0.318 e. The zero-order valence-electron chi connectivity index (χ0n) is 7.95. The number of rotatable bonds is 1. The van der Waals surface area contributed by atoms with Gasteiger partial charge in [-0.2, -0.15) is 5.10 Å². The van der Waals surface area contributed by atoms with E-state index in [0.29, 0.717) is 0 Å². The first-order valence-corrected chi connectivity index (χ1v) is 7.00. The van der Waals surface area contributed by atoms with Crippen molar-refractivity contribution in [1.29, 1.82) is 0 Å². The van der Waals surface area contributed by atoms with Gasteiger partial charge in [-0.1, -0.05) is 0 Å². The average Bonchev–Trinajstić information content (AvgIpc) is 2.45. The van der Waals surface area contributed by atoms with Crippen LogP contribution in [0.25, 0.3) is 0 Å². The van der Waals surface area contributed by atoms with Crippen molar-refractivity contribution in [2.75, 3.05) is 19.9 Å². The second kappa shape index (κ2) is 2.96. The maximum Gasteiger partial charge on any atom is 0.129 e. The van der Waals surface area contributed by atoms with Crippen molar-refractivity contribution < 1.29 is 4.57 Å². The summed E-state index contributed by atoms with van der Waals surface area (Å²) < 4.78 is 13.7. The maximum absolute atomic E-state index is 11.7. The third kappa shape index (κ3) is 1.69. The summed E-state index contributed by atoms with van der Waals surface area (Å²) in [6.07, 6.45) is 0. The van der Waals surface area contributed by atoms with Gasteiger partial charge in [-0.05, 0) is 19.4 Å². The van der Waals surface area contributed by atoms with Crippen LogP contribution in [0.2, 0.25) is 0 Å². The molecular weight excluding hydrogens is 185 g/mol. The summed E-state index contributed by atoms with van der Waals surface area (Å²) in [6.45, 7) is 6.19. The van der Waals surface area contributed by atoms with Gasteiger partial charge in [0, 0.05) is 13.1 Å². The molecule has 0 atom stereocenters. The van der Waals surface area contributed by atoms with Gasteiger partial charge in [-0.3, -0.25) is 4.68 Å². The molecule has 5 heteroatoms. The molecule has 1 aliphatic heterocycles. The molecule has 1 aliphatic rings.